The Hall–Kier alpha value is -9.56. The molecule has 10 aromatic carbocycles. The zero-order chi connectivity index (χ0) is 75.6. The summed E-state index contributed by atoms with van der Waals surface area (Å²) in [7, 11) is 0. The van der Waals surface area contributed by atoms with Crippen LogP contribution in [0.15, 0.2) is 308 Å². The lowest BCUT2D eigenvalue weighted by Crippen LogP contribution is -2.66. The quantitative estimate of drug-likeness (QED) is 0.0268. The molecule has 574 valence electrons. The fourth-order valence-corrected chi connectivity index (χ4v) is 14.9. The van der Waals surface area contributed by atoms with E-state index in [9.17, 15) is 4.79 Å². The maximum absolute atomic E-state index is 15.4. The highest BCUT2D eigenvalue weighted by molar-refractivity contribution is 7.99. The fourth-order valence-electron chi connectivity index (χ4n) is 13.7. The van der Waals surface area contributed by atoms with Crippen LogP contribution in [0.25, 0.3) is 0 Å². The van der Waals surface area contributed by atoms with Crippen LogP contribution in [0.5, 0.6) is 0 Å². The monoisotopic (exact) mass is 1520 g/mol. The van der Waals surface area contributed by atoms with Crippen molar-refractivity contribution in [1.82, 2.24) is 0 Å². The lowest BCUT2D eigenvalue weighted by Gasteiger charge is -2.50. The Morgan fingerprint density at radius 3 is 1.20 bits per heavy atom. The van der Waals surface area contributed by atoms with Gasteiger partial charge in [-0.05, 0) is 63.2 Å². The molecule has 20 heteroatoms. The second kappa shape index (κ2) is 40.6. The van der Waals surface area contributed by atoms with E-state index in [1.54, 1.807) is 30.3 Å². The van der Waals surface area contributed by atoms with Crippen molar-refractivity contribution in [3.8, 4) is 0 Å². The van der Waals surface area contributed by atoms with Crippen LogP contribution in [0.4, 0.5) is 0 Å². The molecule has 1 unspecified atom stereocenters. The molecule has 10 aromatic rings. The molecule has 0 aromatic heterocycles. The van der Waals surface area contributed by atoms with Crippen LogP contribution in [0.2, 0.25) is 0 Å². The van der Waals surface area contributed by atoms with Crippen LogP contribution in [0.3, 0.4) is 0 Å². The number of carbonyl (C=O) groups is 3. The summed E-state index contributed by atoms with van der Waals surface area (Å²) in [5.74, 6) is -2.38. The summed E-state index contributed by atoms with van der Waals surface area (Å²) >= 11 is 1.33. The molecular formula is C91H90O19S. The van der Waals surface area contributed by atoms with Crippen molar-refractivity contribution in [1.29, 1.82) is 0 Å². The van der Waals surface area contributed by atoms with Gasteiger partial charge in [-0.3, -0.25) is 9.59 Å². The van der Waals surface area contributed by atoms with Crippen molar-refractivity contribution < 1.29 is 90.2 Å². The van der Waals surface area contributed by atoms with Crippen molar-refractivity contribution in [3.63, 3.8) is 0 Å². The Balaban J connectivity index is 0.812. The highest BCUT2D eigenvalue weighted by Gasteiger charge is 2.57. The SMILES string of the molecule is O=C(CCC(=O)O[C@@H]1[C@@H](OCc2ccccc2)[C@H](O[C@@H]2O[C@H](COCc3ccccc3)[C@@H](OCc3ccccc3)[C@H](OCc3ccccc3)[C@H]2OCc2ccccc2)[C@@H](COCc2ccccc2)O[C@H]1Sc1ccccc1)O[C@@H]1[C@@H](OC(=O)c2ccccc2)[C@@H](OCc2ccccc2)O[C@@H]2COC(c3ccccc3)O[C@@H]12. The molecule has 4 heterocycles. The first-order valence-electron chi connectivity index (χ1n) is 37.6. The Labute approximate surface area is 651 Å². The summed E-state index contributed by atoms with van der Waals surface area (Å²) in [6.45, 7) is 0.909. The van der Waals surface area contributed by atoms with Crippen LogP contribution < -0.4 is 0 Å². The molecule has 4 fully saturated rings. The van der Waals surface area contributed by atoms with Crippen LogP contribution >= 0.6 is 11.8 Å². The zero-order valence-electron chi connectivity index (χ0n) is 61.3. The molecule has 16 atom stereocenters. The molecule has 14 rings (SSSR count). The van der Waals surface area contributed by atoms with E-state index in [2.05, 4.69) is 0 Å². The van der Waals surface area contributed by atoms with Crippen molar-refractivity contribution in [2.45, 2.75) is 162 Å². The highest BCUT2D eigenvalue weighted by Crippen LogP contribution is 2.42. The number of thioether (sulfide) groups is 1. The predicted molar refractivity (Wildman–Crippen MR) is 411 cm³/mol. The van der Waals surface area contributed by atoms with Crippen LogP contribution in [-0.2, 0) is 132 Å². The van der Waals surface area contributed by atoms with Gasteiger partial charge in [0.15, 0.2) is 37.2 Å². The van der Waals surface area contributed by atoms with E-state index in [-0.39, 0.29) is 71.6 Å². The van der Waals surface area contributed by atoms with Crippen molar-refractivity contribution in [2.75, 3.05) is 19.8 Å². The normalized spacial score (nSPS) is 25.0. The van der Waals surface area contributed by atoms with Gasteiger partial charge in [0, 0.05) is 10.5 Å². The first-order valence-corrected chi connectivity index (χ1v) is 38.5. The molecule has 0 saturated carbocycles. The largest absolute Gasteiger partial charge is 0.456 e. The number of benzene rings is 10. The number of esters is 3. The van der Waals surface area contributed by atoms with Crippen LogP contribution in [0, 0.1) is 0 Å². The lowest BCUT2D eigenvalue weighted by molar-refractivity contribution is -0.362. The summed E-state index contributed by atoms with van der Waals surface area (Å²) in [6, 6.07) is 95.7. The second-order valence-corrected chi connectivity index (χ2v) is 28.5. The minimum Gasteiger partial charge on any atom is -0.456 e. The summed E-state index contributed by atoms with van der Waals surface area (Å²) in [4.78, 5) is 45.5. The third kappa shape index (κ3) is 22.2. The molecule has 0 amide bonds. The van der Waals surface area contributed by atoms with E-state index in [1.165, 1.54) is 11.8 Å². The minimum atomic E-state index is -1.40. The van der Waals surface area contributed by atoms with Gasteiger partial charge in [-0.15, -0.1) is 0 Å². The van der Waals surface area contributed by atoms with E-state index in [0.29, 0.717) is 5.56 Å². The summed E-state index contributed by atoms with van der Waals surface area (Å²) in [6.07, 6.45) is -17.6. The summed E-state index contributed by atoms with van der Waals surface area (Å²) < 4.78 is 110. The molecule has 111 heavy (non-hydrogen) atoms. The Morgan fingerprint density at radius 1 is 0.333 bits per heavy atom. The lowest BCUT2D eigenvalue weighted by atomic mass is 9.96. The van der Waals surface area contributed by atoms with Gasteiger partial charge in [-0.2, -0.15) is 0 Å². The maximum atomic E-state index is 15.4. The molecule has 4 saturated heterocycles. The molecule has 0 bridgehead atoms. The first-order chi connectivity index (χ1) is 54.8. The zero-order valence-corrected chi connectivity index (χ0v) is 62.1. The minimum absolute atomic E-state index is 0.0106. The number of carbonyl (C=O) groups excluding carboxylic acids is 3. The third-order valence-electron chi connectivity index (χ3n) is 19.3. The van der Waals surface area contributed by atoms with Crippen molar-refractivity contribution >= 4 is 29.7 Å². The van der Waals surface area contributed by atoms with Crippen LogP contribution in [0.1, 0.15) is 74.0 Å². The number of hydrogen-bond acceptors (Lipinski definition) is 20. The second-order valence-electron chi connectivity index (χ2n) is 27.3. The topological polar surface area (TPSA) is 199 Å². The van der Waals surface area contributed by atoms with Gasteiger partial charge in [-0.25, -0.2) is 4.79 Å². The average molecular weight is 1520 g/mol. The predicted octanol–water partition coefficient (Wildman–Crippen LogP) is 15.3. The molecule has 0 aliphatic carbocycles. The Bertz CT molecular complexity index is 4380. The van der Waals surface area contributed by atoms with Crippen molar-refractivity contribution in [3.05, 3.63) is 353 Å². The molecule has 0 N–H and O–H groups in total. The average Bonchev–Trinajstić information content (AvgIpc) is 0.776. The Morgan fingerprint density at radius 2 is 0.721 bits per heavy atom. The maximum Gasteiger partial charge on any atom is 0.338 e. The number of hydrogen-bond donors (Lipinski definition) is 0. The van der Waals surface area contributed by atoms with E-state index in [4.69, 9.17) is 75.8 Å². The first kappa shape index (κ1) is 78.1. The number of fused-ring (bicyclic) bond motifs is 1. The molecule has 19 nitrogen and oxygen atoms in total. The fraction of sp³-hybridized carbons (Fsp3) is 0.308. The van der Waals surface area contributed by atoms with Gasteiger partial charge < -0.3 is 75.8 Å². The van der Waals surface area contributed by atoms with E-state index in [1.807, 2.05) is 273 Å². The van der Waals surface area contributed by atoms with Gasteiger partial charge in [0.05, 0.1) is 84.5 Å². The third-order valence-corrected chi connectivity index (χ3v) is 20.5. The van der Waals surface area contributed by atoms with E-state index >= 15 is 9.59 Å². The van der Waals surface area contributed by atoms with Crippen molar-refractivity contribution in [2.24, 2.45) is 0 Å². The van der Waals surface area contributed by atoms with Gasteiger partial charge in [-0.1, -0.05) is 291 Å². The van der Waals surface area contributed by atoms with Gasteiger partial charge in [0.25, 0.3) is 0 Å². The molecule has 0 spiro atoms. The Kier molecular flexibility index (Phi) is 28.6. The highest BCUT2D eigenvalue weighted by atomic mass is 32.2. The number of rotatable bonds is 35. The summed E-state index contributed by atoms with van der Waals surface area (Å²) in [5.41, 5.74) is 6.08. The molecule has 0 radical (unpaired) electrons. The number of ether oxygens (including phenoxy) is 16. The van der Waals surface area contributed by atoms with Gasteiger partial charge >= 0.3 is 17.9 Å². The van der Waals surface area contributed by atoms with E-state index in [0.717, 1.165) is 43.8 Å². The van der Waals surface area contributed by atoms with Gasteiger partial charge in [0.2, 0.25) is 0 Å². The molecule has 4 aliphatic heterocycles. The van der Waals surface area contributed by atoms with Crippen LogP contribution in [-0.4, -0.2) is 129 Å². The van der Waals surface area contributed by atoms with Gasteiger partial charge in [0.1, 0.15) is 60.4 Å². The standard InChI is InChI=1S/C91H90O19S/c92-76(106-83-80-75(62-102-88(109-80)71-47-27-9-28-48-71)103-89(101-59-69-43-23-7-24-44-69)85(83)108-87(94)70-45-25-8-26-46-70)51-52-77(93)107-86-82(99-57-67-39-19-5-20-40-67)79(74(61-96-54-64-33-13-2-14-34-64)105-91(86)111-72-49-29-10-30-50-72)110-90-84(100-58-68-41-21-6-22-42-68)81(98-56-66-37-17-4-18-38-66)78(97-55-65-35-15-3-16-36-65)73(104-90)60-95-53-63-31-11-1-12-32-63/h1-50,73-75,78-86,88-91H,51-62H2/t73-,74-,75-,78-,79-,80-,81+,82+,83+,84-,85-,86-,88?,89+,90+,91+/m1/s1. The van der Waals surface area contributed by atoms with E-state index < -0.39 is 128 Å². The smallest absolute Gasteiger partial charge is 0.338 e. The summed E-state index contributed by atoms with van der Waals surface area (Å²) in [5, 5.41) is 0. The molecular weight excluding hydrogens is 1430 g/mol. The molecule has 4 aliphatic rings.